The summed E-state index contributed by atoms with van der Waals surface area (Å²) in [4.78, 5) is 21.1. The molecule has 0 amide bonds. The number of aliphatic imine (C=N–C) groups is 1. The highest BCUT2D eigenvalue weighted by molar-refractivity contribution is 5.73. The minimum atomic E-state index is -5.73. The van der Waals surface area contributed by atoms with E-state index < -0.39 is 29.2 Å². The van der Waals surface area contributed by atoms with Crippen molar-refractivity contribution in [1.82, 2.24) is 9.97 Å². The fourth-order valence-corrected chi connectivity index (χ4v) is 2.46. The van der Waals surface area contributed by atoms with Crippen LogP contribution in [-0.2, 0) is 21.9 Å². The smallest absolute Gasteiger partial charge is 0.459 e. The van der Waals surface area contributed by atoms with Crippen molar-refractivity contribution in [3.05, 3.63) is 65.8 Å². The normalized spacial score (nSPS) is 13.4. The van der Waals surface area contributed by atoms with Crippen molar-refractivity contribution in [3.8, 4) is 11.4 Å². The van der Waals surface area contributed by atoms with Gasteiger partial charge in [0.15, 0.2) is 0 Å². The van der Waals surface area contributed by atoms with Gasteiger partial charge in [0.2, 0.25) is 5.88 Å². The molecule has 0 fully saturated rings. The number of H-pyrrole nitrogens is 1. The maximum atomic E-state index is 13.4. The molecule has 0 spiro atoms. The quantitative estimate of drug-likeness (QED) is 0.190. The molecule has 34 heavy (non-hydrogen) atoms. The summed E-state index contributed by atoms with van der Waals surface area (Å²) in [5.41, 5.74) is -0.713. The van der Waals surface area contributed by atoms with Gasteiger partial charge in [-0.1, -0.05) is 36.4 Å². The Kier molecular flexibility index (Phi) is 8.01. The van der Waals surface area contributed by atoms with Crippen LogP contribution in [0.25, 0.3) is 11.4 Å². The number of hydrogen-bond acceptors (Lipinski definition) is 4. The average molecular weight is 485 g/mol. The molecular weight excluding hydrogens is 461 g/mol. The second-order valence-electron chi connectivity index (χ2n) is 8.24. The van der Waals surface area contributed by atoms with Crippen molar-refractivity contribution in [3.63, 3.8) is 0 Å². The van der Waals surface area contributed by atoms with Crippen molar-refractivity contribution in [2.75, 3.05) is 6.61 Å². The Morgan fingerprint density at radius 1 is 1.21 bits per heavy atom. The maximum Gasteiger partial charge on any atom is 0.459 e. The van der Waals surface area contributed by atoms with Gasteiger partial charge >= 0.3 is 18.1 Å². The molecule has 0 aliphatic carbocycles. The largest absolute Gasteiger partial charge is 0.481 e. The molecule has 0 aliphatic heterocycles. The number of rotatable bonds is 10. The first-order valence-electron chi connectivity index (χ1n) is 9.99. The number of allylic oxidation sites excluding steroid dienone is 2. The van der Waals surface area contributed by atoms with Crippen LogP contribution < -0.4 is 0 Å². The molecule has 1 heterocycles. The van der Waals surface area contributed by atoms with Gasteiger partial charge in [-0.15, -0.1) is 0 Å². The lowest BCUT2D eigenvalue weighted by atomic mass is 9.95. The Bertz CT molecular complexity index is 1080. The lowest BCUT2D eigenvalue weighted by Crippen LogP contribution is -2.33. The lowest BCUT2D eigenvalue weighted by molar-refractivity contribution is -0.290. The van der Waals surface area contributed by atoms with Gasteiger partial charge in [-0.05, 0) is 26.3 Å². The van der Waals surface area contributed by atoms with Crippen LogP contribution in [0.5, 0.6) is 0 Å². The van der Waals surface area contributed by atoms with E-state index in [1.54, 1.807) is 25.1 Å². The number of ether oxygens (including phenoxy) is 1. The second kappa shape index (κ2) is 10.2. The third-order valence-corrected chi connectivity index (χ3v) is 4.57. The fraction of sp³-hybridized carbons (Fsp3) is 0.348. The van der Waals surface area contributed by atoms with Gasteiger partial charge in [0.25, 0.3) is 0 Å². The Balaban J connectivity index is 2.08. The summed E-state index contributed by atoms with van der Waals surface area (Å²) in [5.74, 6) is -5.99. The number of aliphatic carboxylic acids is 1. The van der Waals surface area contributed by atoms with Gasteiger partial charge in [-0.2, -0.15) is 22.0 Å². The fourth-order valence-electron chi connectivity index (χ4n) is 2.46. The van der Waals surface area contributed by atoms with Gasteiger partial charge < -0.3 is 14.8 Å². The minimum absolute atomic E-state index is 0.105. The standard InChI is InChI=1S/C23H24F5N3O3/c1-14(2)11-18(34-13-21(3,4)20(32)33)29-10-9-15-5-7-16(8-6-15)19-30-12-17(31-19)22(24,25)23(26,27)28/h5-8,10-12H,1,9,13H2,2-4H3,(H,30,31)(H,32,33)/b18-11+,29-10?. The molecule has 6 nitrogen and oxygen atoms in total. The number of aromatic amines is 1. The van der Waals surface area contributed by atoms with E-state index in [1.807, 2.05) is 4.98 Å². The van der Waals surface area contributed by atoms with Crippen molar-refractivity contribution in [2.24, 2.45) is 10.4 Å². The molecule has 0 bridgehead atoms. The number of halogens is 5. The SMILES string of the molecule is C=C(C)/C=C(\N=CCc1ccc(-c2ncc(C(F)(F)C(F)(F)F)[nH]2)cc1)OCC(C)(C)C(=O)O. The Hall–Kier alpha value is -3.50. The monoisotopic (exact) mass is 485 g/mol. The summed E-state index contributed by atoms with van der Waals surface area (Å²) in [7, 11) is 0. The van der Waals surface area contributed by atoms with Crippen LogP contribution in [0, 0.1) is 5.41 Å². The van der Waals surface area contributed by atoms with E-state index in [1.165, 1.54) is 32.2 Å². The van der Waals surface area contributed by atoms with E-state index >= 15 is 0 Å². The molecule has 0 atom stereocenters. The summed E-state index contributed by atoms with van der Waals surface area (Å²) in [6.07, 6.45) is -1.83. The van der Waals surface area contributed by atoms with Crippen molar-refractivity contribution >= 4 is 12.2 Å². The summed E-state index contributed by atoms with van der Waals surface area (Å²) in [5, 5.41) is 9.19. The predicted molar refractivity (Wildman–Crippen MR) is 116 cm³/mol. The topological polar surface area (TPSA) is 87.6 Å². The molecule has 0 unspecified atom stereocenters. The van der Waals surface area contributed by atoms with Crippen LogP contribution in [0.3, 0.4) is 0 Å². The van der Waals surface area contributed by atoms with Crippen molar-refractivity contribution in [1.29, 1.82) is 0 Å². The van der Waals surface area contributed by atoms with E-state index in [9.17, 15) is 31.9 Å². The summed E-state index contributed by atoms with van der Waals surface area (Å²) < 4.78 is 69.9. The number of benzene rings is 1. The number of carbonyl (C=O) groups is 1. The van der Waals surface area contributed by atoms with Gasteiger partial charge in [0.05, 0.1) is 11.6 Å². The number of hydrogen-bond donors (Lipinski definition) is 2. The Morgan fingerprint density at radius 3 is 2.35 bits per heavy atom. The third kappa shape index (κ3) is 6.75. The number of alkyl halides is 5. The van der Waals surface area contributed by atoms with Crippen LogP contribution in [0.15, 0.2) is 59.6 Å². The Labute approximate surface area is 192 Å². The van der Waals surface area contributed by atoms with Gasteiger partial charge in [0.1, 0.15) is 18.1 Å². The molecule has 2 aromatic rings. The molecule has 0 saturated carbocycles. The molecule has 0 aliphatic rings. The van der Waals surface area contributed by atoms with Crippen LogP contribution in [0.2, 0.25) is 0 Å². The number of imidazole rings is 1. The van der Waals surface area contributed by atoms with Crippen LogP contribution >= 0.6 is 0 Å². The number of carboxylic acids is 1. The van der Waals surface area contributed by atoms with Crippen molar-refractivity contribution in [2.45, 2.75) is 39.3 Å². The van der Waals surface area contributed by atoms with E-state index in [0.717, 1.165) is 5.56 Å². The zero-order valence-electron chi connectivity index (χ0n) is 18.7. The third-order valence-electron chi connectivity index (χ3n) is 4.57. The van der Waals surface area contributed by atoms with Crippen LogP contribution in [0.4, 0.5) is 22.0 Å². The molecule has 2 N–H and O–H groups in total. The first-order valence-corrected chi connectivity index (χ1v) is 9.99. The molecule has 1 aromatic heterocycles. The summed E-state index contributed by atoms with van der Waals surface area (Å²) in [6, 6.07) is 6.33. The molecule has 0 saturated heterocycles. The zero-order chi connectivity index (χ0) is 25.7. The van der Waals surface area contributed by atoms with E-state index in [2.05, 4.69) is 16.6 Å². The predicted octanol–water partition coefficient (Wildman–Crippen LogP) is 5.89. The number of carboxylic acid groups (broad SMARTS) is 1. The first kappa shape index (κ1) is 26.7. The molecular formula is C23H24F5N3O3. The Morgan fingerprint density at radius 2 is 1.82 bits per heavy atom. The molecule has 0 radical (unpaired) electrons. The maximum absolute atomic E-state index is 13.4. The number of nitrogens with one attached hydrogen (secondary N) is 1. The highest BCUT2D eigenvalue weighted by Gasteiger charge is 2.60. The van der Waals surface area contributed by atoms with E-state index in [-0.39, 0.29) is 18.3 Å². The van der Waals surface area contributed by atoms with Gasteiger partial charge in [0, 0.05) is 24.3 Å². The first-order chi connectivity index (χ1) is 15.6. The highest BCUT2D eigenvalue weighted by Crippen LogP contribution is 2.43. The second-order valence-corrected chi connectivity index (χ2v) is 8.24. The molecule has 184 valence electrons. The van der Waals surface area contributed by atoms with Crippen LogP contribution in [0.1, 0.15) is 32.0 Å². The highest BCUT2D eigenvalue weighted by atomic mass is 19.4. The number of nitrogens with zero attached hydrogens (tertiary/aromatic N) is 2. The van der Waals surface area contributed by atoms with E-state index in [0.29, 0.717) is 23.8 Å². The zero-order valence-corrected chi connectivity index (χ0v) is 18.7. The molecule has 1 aromatic carbocycles. The number of aromatic nitrogens is 2. The lowest BCUT2D eigenvalue weighted by Gasteiger charge is -2.19. The van der Waals surface area contributed by atoms with Crippen molar-refractivity contribution < 1.29 is 36.6 Å². The molecule has 11 heteroatoms. The van der Waals surface area contributed by atoms with E-state index in [4.69, 9.17) is 4.74 Å². The summed E-state index contributed by atoms with van der Waals surface area (Å²) in [6.45, 7) is 8.40. The van der Waals surface area contributed by atoms with Gasteiger partial charge in [-0.3, -0.25) is 4.79 Å². The van der Waals surface area contributed by atoms with Gasteiger partial charge in [-0.25, -0.2) is 9.98 Å². The summed E-state index contributed by atoms with van der Waals surface area (Å²) >= 11 is 0. The van der Waals surface area contributed by atoms with Crippen LogP contribution in [-0.4, -0.2) is 40.0 Å². The minimum Gasteiger partial charge on any atom is -0.481 e. The average Bonchev–Trinajstić information content (AvgIpc) is 3.22. The molecule has 2 rings (SSSR count).